The van der Waals surface area contributed by atoms with E-state index in [1.54, 1.807) is 35.2 Å². The first-order chi connectivity index (χ1) is 14.7. The summed E-state index contributed by atoms with van der Waals surface area (Å²) in [4.78, 5) is 12.7. The highest BCUT2D eigenvalue weighted by Crippen LogP contribution is 2.36. The van der Waals surface area contributed by atoms with E-state index in [0.717, 1.165) is 23.5 Å². The van der Waals surface area contributed by atoms with Crippen LogP contribution in [0.5, 0.6) is 0 Å². The first kappa shape index (κ1) is 20.8. The molecule has 0 aliphatic heterocycles. The number of imidazole rings is 1. The maximum atomic E-state index is 13.0. The minimum absolute atomic E-state index is 0.0108. The van der Waals surface area contributed by atoms with Crippen molar-refractivity contribution in [1.82, 2.24) is 24.8 Å². The highest BCUT2D eigenvalue weighted by molar-refractivity contribution is 6.31. The van der Waals surface area contributed by atoms with E-state index in [0.29, 0.717) is 22.1 Å². The van der Waals surface area contributed by atoms with Crippen molar-refractivity contribution >= 4 is 34.1 Å². The average molecular weight is 450 g/mol. The molecule has 0 saturated heterocycles. The number of alkyl halides is 3. The summed E-state index contributed by atoms with van der Waals surface area (Å²) in [5, 5.41) is 10.0. The van der Waals surface area contributed by atoms with Gasteiger partial charge < -0.3 is 0 Å². The summed E-state index contributed by atoms with van der Waals surface area (Å²) < 4.78 is 40.7. The minimum Gasteiger partial charge on any atom is -0.283 e. The number of aryl methyl sites for hydroxylation is 1. The van der Waals surface area contributed by atoms with E-state index >= 15 is 0 Å². The molecule has 8 nitrogen and oxygen atoms in total. The molecular formula is C19H15ClF3N7O. The number of anilines is 2. The lowest BCUT2D eigenvalue weighted by atomic mass is 10.2. The van der Waals surface area contributed by atoms with E-state index in [1.807, 2.05) is 6.92 Å². The largest absolute Gasteiger partial charge is 0.417 e. The SMILES string of the molecule is Cc1ncnc2c1ncn2-c1ccc(NN(O)Nc2ccc(Cl)c(C(F)(F)F)c2)cc1. The summed E-state index contributed by atoms with van der Waals surface area (Å²) in [5.41, 5.74) is 7.32. The number of aromatic nitrogens is 4. The van der Waals surface area contributed by atoms with Crippen molar-refractivity contribution in [3.05, 3.63) is 71.4 Å². The quantitative estimate of drug-likeness (QED) is 0.375. The maximum absolute atomic E-state index is 13.0. The third kappa shape index (κ3) is 4.38. The third-order valence-electron chi connectivity index (χ3n) is 4.40. The lowest BCUT2D eigenvalue weighted by Gasteiger charge is -2.20. The van der Waals surface area contributed by atoms with Gasteiger partial charge in [0.15, 0.2) is 5.65 Å². The second-order valence-corrected chi connectivity index (χ2v) is 6.93. The zero-order valence-corrected chi connectivity index (χ0v) is 16.6. The number of nitrogens with one attached hydrogen (secondary N) is 2. The summed E-state index contributed by atoms with van der Waals surface area (Å²) in [6.45, 7) is 1.84. The minimum atomic E-state index is -4.61. The van der Waals surface area contributed by atoms with Gasteiger partial charge >= 0.3 is 6.18 Å². The second kappa shape index (κ2) is 8.02. The van der Waals surface area contributed by atoms with Gasteiger partial charge in [-0.1, -0.05) is 11.6 Å². The van der Waals surface area contributed by atoms with Gasteiger partial charge in [0.05, 0.1) is 27.7 Å². The zero-order valence-electron chi connectivity index (χ0n) is 15.9. The topological polar surface area (TPSA) is 91.1 Å². The van der Waals surface area contributed by atoms with E-state index in [4.69, 9.17) is 11.6 Å². The van der Waals surface area contributed by atoms with E-state index in [-0.39, 0.29) is 5.69 Å². The Morgan fingerprint density at radius 2 is 1.68 bits per heavy atom. The van der Waals surface area contributed by atoms with E-state index < -0.39 is 16.8 Å². The molecule has 0 aliphatic carbocycles. The van der Waals surface area contributed by atoms with E-state index in [2.05, 4.69) is 25.8 Å². The predicted octanol–water partition coefficient (Wildman–Crippen LogP) is 4.84. The third-order valence-corrected chi connectivity index (χ3v) is 4.73. The molecule has 3 N–H and O–H groups in total. The van der Waals surface area contributed by atoms with Crippen molar-refractivity contribution in [2.75, 3.05) is 10.9 Å². The van der Waals surface area contributed by atoms with Crippen LogP contribution in [-0.4, -0.2) is 30.0 Å². The van der Waals surface area contributed by atoms with Crippen LogP contribution in [0, 0.1) is 6.92 Å². The molecule has 2 aromatic heterocycles. The molecule has 0 aliphatic rings. The number of benzene rings is 2. The summed E-state index contributed by atoms with van der Waals surface area (Å²) >= 11 is 5.60. The van der Waals surface area contributed by atoms with E-state index in [9.17, 15) is 18.4 Å². The fourth-order valence-electron chi connectivity index (χ4n) is 2.92. The average Bonchev–Trinajstić information content (AvgIpc) is 3.15. The molecule has 0 bridgehead atoms. The van der Waals surface area contributed by atoms with Gasteiger partial charge in [-0.3, -0.25) is 20.6 Å². The molecule has 31 heavy (non-hydrogen) atoms. The van der Waals surface area contributed by atoms with Crippen molar-refractivity contribution in [1.29, 1.82) is 0 Å². The number of hydrogen-bond acceptors (Lipinski definition) is 7. The smallest absolute Gasteiger partial charge is 0.283 e. The lowest BCUT2D eigenvalue weighted by Crippen LogP contribution is -2.32. The summed E-state index contributed by atoms with van der Waals surface area (Å²) in [5.74, 6) is 0. The van der Waals surface area contributed by atoms with Gasteiger partial charge in [-0.15, -0.1) is 0 Å². The Hall–Kier alpha value is -3.41. The van der Waals surface area contributed by atoms with Crippen LogP contribution in [0.2, 0.25) is 5.02 Å². The number of hydrogen-bond donors (Lipinski definition) is 3. The molecule has 0 radical (unpaired) electrons. The van der Waals surface area contributed by atoms with Crippen molar-refractivity contribution in [3.63, 3.8) is 0 Å². The Morgan fingerprint density at radius 1 is 1.00 bits per heavy atom. The summed E-state index contributed by atoms with van der Waals surface area (Å²) in [6.07, 6.45) is -1.52. The van der Waals surface area contributed by atoms with Crippen LogP contribution in [0.1, 0.15) is 11.3 Å². The molecule has 2 heterocycles. The van der Waals surface area contributed by atoms with Crippen LogP contribution in [-0.2, 0) is 6.18 Å². The van der Waals surface area contributed by atoms with E-state index in [1.165, 1.54) is 12.4 Å². The number of nitrogens with zero attached hydrogens (tertiary/aromatic N) is 5. The van der Waals surface area contributed by atoms with Crippen LogP contribution >= 0.6 is 11.6 Å². The van der Waals surface area contributed by atoms with Crippen molar-refractivity contribution in [3.8, 4) is 5.69 Å². The molecule has 0 saturated carbocycles. The predicted molar refractivity (Wildman–Crippen MR) is 109 cm³/mol. The Labute approximate surface area is 178 Å². The normalized spacial score (nSPS) is 11.8. The number of rotatable bonds is 5. The molecule has 4 aromatic rings. The molecular weight excluding hydrogens is 435 g/mol. The maximum Gasteiger partial charge on any atom is 0.417 e. The van der Waals surface area contributed by atoms with Gasteiger partial charge in [0.25, 0.3) is 0 Å². The summed E-state index contributed by atoms with van der Waals surface area (Å²) in [7, 11) is 0. The monoisotopic (exact) mass is 449 g/mol. The van der Waals surface area contributed by atoms with Crippen LogP contribution in [0.25, 0.3) is 16.9 Å². The first-order valence-electron chi connectivity index (χ1n) is 8.86. The van der Waals surface area contributed by atoms with Crippen LogP contribution < -0.4 is 10.9 Å². The molecule has 160 valence electrons. The number of halogens is 4. The Bertz CT molecular complexity index is 1230. The zero-order chi connectivity index (χ0) is 22.2. The fourth-order valence-corrected chi connectivity index (χ4v) is 3.15. The van der Waals surface area contributed by atoms with Gasteiger partial charge in [-0.05, 0) is 54.7 Å². The Morgan fingerprint density at radius 3 is 2.39 bits per heavy atom. The molecule has 0 atom stereocenters. The van der Waals surface area contributed by atoms with Crippen LogP contribution in [0.3, 0.4) is 0 Å². The van der Waals surface area contributed by atoms with Gasteiger partial charge in [-0.25, -0.2) is 15.0 Å². The van der Waals surface area contributed by atoms with Gasteiger partial charge in [0.1, 0.15) is 18.2 Å². The van der Waals surface area contributed by atoms with Crippen LogP contribution in [0.15, 0.2) is 55.1 Å². The van der Waals surface area contributed by atoms with Gasteiger partial charge in [-0.2, -0.15) is 13.2 Å². The summed E-state index contributed by atoms with van der Waals surface area (Å²) in [6, 6.07) is 10.1. The molecule has 4 rings (SSSR count). The van der Waals surface area contributed by atoms with Crippen LogP contribution in [0.4, 0.5) is 24.5 Å². The molecule has 0 unspecified atom stereocenters. The Balaban J connectivity index is 1.47. The molecule has 0 amide bonds. The first-order valence-corrected chi connectivity index (χ1v) is 9.24. The number of fused-ring (bicyclic) bond motifs is 1. The van der Waals surface area contributed by atoms with Crippen molar-refractivity contribution in [2.24, 2.45) is 0 Å². The number of hydrazine groups is 2. The molecule has 0 spiro atoms. The fraction of sp³-hybridized carbons (Fsp3) is 0.105. The van der Waals surface area contributed by atoms with Crippen molar-refractivity contribution < 1.29 is 18.4 Å². The van der Waals surface area contributed by atoms with Gasteiger partial charge in [0.2, 0.25) is 0 Å². The lowest BCUT2D eigenvalue weighted by molar-refractivity contribution is -0.137. The molecule has 2 aromatic carbocycles. The van der Waals surface area contributed by atoms with Gasteiger partial charge in [0, 0.05) is 5.69 Å². The standard InChI is InChI=1S/C19H15ClF3N7O/c1-11-17-18(25-9-24-11)29(10-26-17)14-5-2-12(3-6-14)27-30(31)28-13-4-7-16(20)15(8-13)19(21,22)23/h2-10,27-28,31H,1H3. The Kier molecular flexibility index (Phi) is 5.39. The molecule has 0 fully saturated rings. The molecule has 12 heteroatoms. The second-order valence-electron chi connectivity index (χ2n) is 6.52. The highest BCUT2D eigenvalue weighted by Gasteiger charge is 2.33. The highest BCUT2D eigenvalue weighted by atomic mass is 35.5. The van der Waals surface area contributed by atoms with Crippen molar-refractivity contribution in [2.45, 2.75) is 13.1 Å².